The third-order valence-electron chi connectivity index (χ3n) is 4.96. The third-order valence-corrected chi connectivity index (χ3v) is 5.16. The standard InChI is InChI=1S/C17H21N3O4S/c1-10(21)14-7-11(17(14,2)3)8-15(22)19-16(25)18-12-5-4-6-13(9-12)20(23)24/h4-6,9,11,14H,7-8H2,1-3H3,(H2,18,19,22,25). The fourth-order valence-corrected chi connectivity index (χ4v) is 3.54. The van der Waals surface area contributed by atoms with Crippen LogP contribution in [0.4, 0.5) is 11.4 Å². The van der Waals surface area contributed by atoms with Gasteiger partial charge in [0.1, 0.15) is 5.78 Å². The lowest BCUT2D eigenvalue weighted by Gasteiger charge is -2.51. The summed E-state index contributed by atoms with van der Waals surface area (Å²) in [6, 6.07) is 5.86. The first-order chi connectivity index (χ1) is 11.6. The lowest BCUT2D eigenvalue weighted by Crippen LogP contribution is -2.50. The Hall–Kier alpha value is -2.35. The maximum atomic E-state index is 12.2. The first kappa shape index (κ1) is 19.0. The van der Waals surface area contributed by atoms with E-state index in [2.05, 4.69) is 10.6 Å². The van der Waals surface area contributed by atoms with Gasteiger partial charge in [-0.3, -0.25) is 19.7 Å². The minimum atomic E-state index is -0.503. The summed E-state index contributed by atoms with van der Waals surface area (Å²) >= 11 is 5.08. The molecule has 0 saturated heterocycles. The molecule has 2 atom stereocenters. The number of amides is 1. The van der Waals surface area contributed by atoms with E-state index >= 15 is 0 Å². The third kappa shape index (κ3) is 4.39. The predicted octanol–water partition coefficient (Wildman–Crippen LogP) is 3.05. The molecule has 1 amide bonds. The number of rotatable bonds is 5. The normalized spacial score (nSPS) is 20.9. The van der Waals surface area contributed by atoms with Crippen molar-refractivity contribution in [3.8, 4) is 0 Å². The van der Waals surface area contributed by atoms with E-state index in [1.54, 1.807) is 13.0 Å². The first-order valence-corrected chi connectivity index (χ1v) is 8.38. The summed E-state index contributed by atoms with van der Waals surface area (Å²) in [5.74, 6) is 0.0507. The molecule has 134 valence electrons. The number of anilines is 1. The summed E-state index contributed by atoms with van der Waals surface area (Å²) < 4.78 is 0. The van der Waals surface area contributed by atoms with Crippen molar-refractivity contribution in [1.29, 1.82) is 0 Å². The zero-order valence-electron chi connectivity index (χ0n) is 14.4. The van der Waals surface area contributed by atoms with Gasteiger partial charge in [-0.25, -0.2) is 0 Å². The van der Waals surface area contributed by atoms with Crippen molar-refractivity contribution in [2.75, 3.05) is 5.32 Å². The molecule has 0 radical (unpaired) electrons. The number of hydrogen-bond acceptors (Lipinski definition) is 5. The molecule has 25 heavy (non-hydrogen) atoms. The van der Waals surface area contributed by atoms with Crippen LogP contribution in [0.2, 0.25) is 0 Å². The van der Waals surface area contributed by atoms with Crippen LogP contribution in [0, 0.1) is 27.4 Å². The Bertz CT molecular complexity index is 732. The van der Waals surface area contributed by atoms with Crippen LogP contribution in [0.3, 0.4) is 0 Å². The molecule has 2 unspecified atom stereocenters. The highest BCUT2D eigenvalue weighted by Crippen LogP contribution is 2.53. The van der Waals surface area contributed by atoms with Gasteiger partial charge >= 0.3 is 0 Å². The Labute approximate surface area is 151 Å². The Morgan fingerprint density at radius 2 is 2.08 bits per heavy atom. The molecule has 1 aliphatic carbocycles. The molecule has 2 rings (SSSR count). The second-order valence-electron chi connectivity index (χ2n) is 6.93. The highest BCUT2D eigenvalue weighted by atomic mass is 32.1. The average Bonchev–Trinajstić information content (AvgIpc) is 2.50. The molecule has 1 fully saturated rings. The van der Waals surface area contributed by atoms with Crippen LogP contribution in [0.15, 0.2) is 24.3 Å². The fraction of sp³-hybridized carbons (Fsp3) is 0.471. The molecular formula is C17H21N3O4S. The molecule has 0 aliphatic heterocycles. The second-order valence-corrected chi connectivity index (χ2v) is 7.34. The Kier molecular flexibility index (Phi) is 5.52. The monoisotopic (exact) mass is 363 g/mol. The molecule has 0 spiro atoms. The van der Waals surface area contributed by atoms with Gasteiger partial charge in [0, 0.05) is 30.2 Å². The van der Waals surface area contributed by atoms with Gasteiger partial charge < -0.3 is 10.6 Å². The van der Waals surface area contributed by atoms with Gasteiger partial charge in [-0.2, -0.15) is 0 Å². The molecule has 0 bridgehead atoms. The number of nitrogens with zero attached hydrogens (tertiary/aromatic N) is 1. The van der Waals surface area contributed by atoms with E-state index in [-0.39, 0.29) is 46.2 Å². The zero-order chi connectivity index (χ0) is 18.8. The van der Waals surface area contributed by atoms with Gasteiger partial charge in [-0.15, -0.1) is 0 Å². The Morgan fingerprint density at radius 3 is 2.64 bits per heavy atom. The van der Waals surface area contributed by atoms with Crippen molar-refractivity contribution in [2.24, 2.45) is 17.3 Å². The van der Waals surface area contributed by atoms with Crippen LogP contribution < -0.4 is 10.6 Å². The SMILES string of the molecule is CC(=O)C1CC(CC(=O)NC(=S)Nc2cccc([N+](=O)[O-])c2)C1(C)C. The summed E-state index contributed by atoms with van der Waals surface area (Å²) in [5.41, 5.74) is 0.170. The van der Waals surface area contributed by atoms with E-state index in [1.165, 1.54) is 18.2 Å². The fourth-order valence-electron chi connectivity index (χ4n) is 3.31. The summed E-state index contributed by atoms with van der Waals surface area (Å²) in [6.07, 6.45) is 0.994. The molecule has 0 heterocycles. The summed E-state index contributed by atoms with van der Waals surface area (Å²) in [5, 5.41) is 16.2. The van der Waals surface area contributed by atoms with E-state index in [9.17, 15) is 19.7 Å². The largest absolute Gasteiger partial charge is 0.332 e. The summed E-state index contributed by atoms with van der Waals surface area (Å²) in [7, 11) is 0. The van der Waals surface area contributed by atoms with Crippen LogP contribution >= 0.6 is 12.2 Å². The van der Waals surface area contributed by atoms with Gasteiger partial charge in [0.2, 0.25) is 5.91 Å². The van der Waals surface area contributed by atoms with Gasteiger partial charge in [-0.1, -0.05) is 19.9 Å². The number of non-ortho nitro benzene ring substituents is 1. The molecule has 0 aromatic heterocycles. The Morgan fingerprint density at radius 1 is 1.40 bits per heavy atom. The number of ketones is 1. The van der Waals surface area contributed by atoms with Crippen molar-refractivity contribution < 1.29 is 14.5 Å². The number of carbonyl (C=O) groups is 2. The number of thiocarbonyl (C=S) groups is 1. The number of nitro benzene ring substituents is 1. The van der Waals surface area contributed by atoms with Crippen molar-refractivity contribution in [1.82, 2.24) is 5.32 Å². The maximum Gasteiger partial charge on any atom is 0.271 e. The maximum absolute atomic E-state index is 12.2. The number of hydrogen-bond donors (Lipinski definition) is 2. The van der Waals surface area contributed by atoms with E-state index in [0.29, 0.717) is 12.1 Å². The van der Waals surface area contributed by atoms with E-state index in [0.717, 1.165) is 0 Å². The van der Waals surface area contributed by atoms with Crippen molar-refractivity contribution in [2.45, 2.75) is 33.6 Å². The van der Waals surface area contributed by atoms with Gasteiger partial charge in [-0.05, 0) is 43.0 Å². The van der Waals surface area contributed by atoms with Crippen molar-refractivity contribution in [3.05, 3.63) is 34.4 Å². The lowest BCUT2D eigenvalue weighted by atomic mass is 9.52. The summed E-state index contributed by atoms with van der Waals surface area (Å²) in [4.78, 5) is 34.0. The number of nitro groups is 1. The molecule has 1 saturated carbocycles. The summed E-state index contributed by atoms with van der Waals surface area (Å²) in [6.45, 7) is 5.58. The second kappa shape index (κ2) is 7.26. The zero-order valence-corrected chi connectivity index (χ0v) is 15.2. The topological polar surface area (TPSA) is 101 Å². The predicted molar refractivity (Wildman–Crippen MR) is 98.1 cm³/mol. The minimum absolute atomic E-state index is 0.000226. The number of Topliss-reactive ketones (excluding diaryl/α,β-unsaturated/α-hetero) is 1. The van der Waals surface area contributed by atoms with Gasteiger partial charge in [0.15, 0.2) is 5.11 Å². The molecular weight excluding hydrogens is 342 g/mol. The van der Waals surface area contributed by atoms with Gasteiger partial charge in [0.25, 0.3) is 5.69 Å². The van der Waals surface area contributed by atoms with Crippen LogP contribution in [0.5, 0.6) is 0 Å². The average molecular weight is 363 g/mol. The van der Waals surface area contributed by atoms with E-state index in [1.807, 2.05) is 13.8 Å². The number of benzene rings is 1. The van der Waals surface area contributed by atoms with Crippen LogP contribution in [0.1, 0.15) is 33.6 Å². The molecule has 2 N–H and O–H groups in total. The quantitative estimate of drug-likeness (QED) is 0.474. The lowest BCUT2D eigenvalue weighted by molar-refractivity contribution is -0.384. The molecule has 7 nitrogen and oxygen atoms in total. The smallest absolute Gasteiger partial charge is 0.271 e. The molecule has 1 aliphatic rings. The number of carbonyl (C=O) groups excluding carboxylic acids is 2. The van der Waals surface area contributed by atoms with Crippen LogP contribution in [0.25, 0.3) is 0 Å². The minimum Gasteiger partial charge on any atom is -0.332 e. The molecule has 1 aromatic rings. The molecule has 8 heteroatoms. The van der Waals surface area contributed by atoms with E-state index < -0.39 is 4.92 Å². The Balaban J connectivity index is 1.87. The molecule has 1 aromatic carbocycles. The number of nitrogens with one attached hydrogen (secondary N) is 2. The highest BCUT2D eigenvalue weighted by molar-refractivity contribution is 7.80. The first-order valence-electron chi connectivity index (χ1n) is 7.97. The van der Waals surface area contributed by atoms with Crippen molar-refractivity contribution in [3.63, 3.8) is 0 Å². The van der Waals surface area contributed by atoms with E-state index in [4.69, 9.17) is 12.2 Å². The van der Waals surface area contributed by atoms with Gasteiger partial charge in [0.05, 0.1) is 4.92 Å². The van der Waals surface area contributed by atoms with Crippen LogP contribution in [-0.2, 0) is 9.59 Å². The highest BCUT2D eigenvalue weighted by Gasteiger charge is 2.50. The van der Waals surface area contributed by atoms with Crippen LogP contribution in [-0.4, -0.2) is 21.7 Å². The van der Waals surface area contributed by atoms with Crippen molar-refractivity contribution >= 4 is 40.4 Å².